The van der Waals surface area contributed by atoms with Gasteiger partial charge in [0.2, 0.25) is 0 Å². The van der Waals surface area contributed by atoms with E-state index in [-0.39, 0.29) is 17.7 Å². The van der Waals surface area contributed by atoms with Gasteiger partial charge in [0.05, 0.1) is 12.5 Å². The molecule has 0 saturated heterocycles. The highest BCUT2D eigenvalue weighted by Gasteiger charge is 2.45. The summed E-state index contributed by atoms with van der Waals surface area (Å²) in [5.74, 6) is -0.0859. The third kappa shape index (κ3) is 1.36. The molecule has 12 heavy (non-hydrogen) atoms. The topological polar surface area (TPSA) is 43.4 Å². The van der Waals surface area contributed by atoms with Gasteiger partial charge in [0.15, 0.2) is 0 Å². The molecular weight excluding hydrogens is 156 g/mol. The van der Waals surface area contributed by atoms with E-state index >= 15 is 0 Å². The highest BCUT2D eigenvalue weighted by Crippen LogP contribution is 2.39. The van der Waals surface area contributed by atoms with Crippen LogP contribution in [0.5, 0.6) is 0 Å². The number of carbonyl (C=O) groups is 2. The predicted molar refractivity (Wildman–Crippen MR) is 43.5 cm³/mol. The van der Waals surface area contributed by atoms with Gasteiger partial charge in [-0.05, 0) is 13.3 Å². The van der Waals surface area contributed by atoms with Crippen molar-refractivity contribution < 1.29 is 14.3 Å². The first-order valence-electron chi connectivity index (χ1n) is 4.11. The maximum atomic E-state index is 11.3. The van der Waals surface area contributed by atoms with Gasteiger partial charge in [-0.1, -0.05) is 6.92 Å². The highest BCUT2D eigenvalue weighted by atomic mass is 16.5. The van der Waals surface area contributed by atoms with Crippen molar-refractivity contribution in [3.8, 4) is 0 Å². The molecule has 0 aromatic carbocycles. The van der Waals surface area contributed by atoms with E-state index in [1.807, 2.05) is 6.92 Å². The smallest absolute Gasteiger partial charge is 0.311 e. The maximum Gasteiger partial charge on any atom is 0.311 e. The van der Waals surface area contributed by atoms with Crippen molar-refractivity contribution in [3.63, 3.8) is 0 Å². The second-order valence-corrected chi connectivity index (χ2v) is 3.80. The molecule has 0 unspecified atom stereocenters. The molecule has 1 aliphatic rings. The zero-order valence-corrected chi connectivity index (χ0v) is 7.72. The fraction of sp³-hybridized carbons (Fsp3) is 0.778. The quantitative estimate of drug-likeness (QED) is 0.555. The van der Waals surface area contributed by atoms with Crippen LogP contribution in [0.25, 0.3) is 0 Å². The van der Waals surface area contributed by atoms with E-state index in [0.717, 1.165) is 0 Å². The van der Waals surface area contributed by atoms with E-state index in [1.54, 1.807) is 6.92 Å². The predicted octanol–water partition coefficient (Wildman–Crippen LogP) is 1.16. The molecule has 68 valence electrons. The fourth-order valence-corrected chi connectivity index (χ4v) is 1.82. The number of esters is 1. The van der Waals surface area contributed by atoms with Crippen LogP contribution in [0, 0.1) is 11.3 Å². The molecular formula is C9H14O3. The minimum Gasteiger partial charge on any atom is -0.469 e. The Bertz CT molecular complexity index is 222. The SMILES string of the molecule is COC(=O)[C@]1(C)CC(=O)[C@H](C)C1. The molecule has 0 aromatic heterocycles. The second-order valence-electron chi connectivity index (χ2n) is 3.80. The number of hydrogen-bond acceptors (Lipinski definition) is 3. The van der Waals surface area contributed by atoms with Gasteiger partial charge >= 0.3 is 5.97 Å². The summed E-state index contributed by atoms with van der Waals surface area (Å²) in [6.45, 7) is 3.65. The lowest BCUT2D eigenvalue weighted by Crippen LogP contribution is -2.26. The van der Waals surface area contributed by atoms with E-state index in [1.165, 1.54) is 7.11 Å². The monoisotopic (exact) mass is 170 g/mol. The van der Waals surface area contributed by atoms with Crippen LogP contribution < -0.4 is 0 Å². The average Bonchev–Trinajstić information content (AvgIpc) is 2.26. The van der Waals surface area contributed by atoms with Gasteiger partial charge in [0.1, 0.15) is 5.78 Å². The summed E-state index contributed by atoms with van der Waals surface area (Å²) in [6.07, 6.45) is 0.958. The number of hydrogen-bond donors (Lipinski definition) is 0. The first-order chi connectivity index (χ1) is 5.49. The minimum absolute atomic E-state index is 0.00843. The number of Topliss-reactive ketones (excluding diaryl/α,β-unsaturated/α-hetero) is 1. The normalized spacial score (nSPS) is 35.2. The zero-order chi connectivity index (χ0) is 9.35. The van der Waals surface area contributed by atoms with Crippen molar-refractivity contribution in [3.05, 3.63) is 0 Å². The summed E-state index contributed by atoms with van der Waals surface area (Å²) in [6, 6.07) is 0. The van der Waals surface area contributed by atoms with Crippen molar-refractivity contribution in [2.75, 3.05) is 7.11 Å². The summed E-state index contributed by atoms with van der Waals surface area (Å²) < 4.78 is 4.64. The summed E-state index contributed by atoms with van der Waals surface area (Å²) in [5.41, 5.74) is -0.564. The summed E-state index contributed by atoms with van der Waals surface area (Å²) in [4.78, 5) is 22.5. The molecule has 0 spiro atoms. The van der Waals surface area contributed by atoms with Crippen LogP contribution in [0.1, 0.15) is 26.7 Å². The molecule has 0 aromatic rings. The number of carbonyl (C=O) groups excluding carboxylic acids is 2. The Balaban J connectivity index is 2.76. The minimum atomic E-state index is -0.564. The van der Waals surface area contributed by atoms with Crippen molar-refractivity contribution in [2.45, 2.75) is 26.7 Å². The molecule has 3 heteroatoms. The molecule has 2 atom stereocenters. The Morgan fingerprint density at radius 1 is 1.67 bits per heavy atom. The van der Waals surface area contributed by atoms with Gasteiger partial charge in [0.25, 0.3) is 0 Å². The number of ether oxygens (including phenoxy) is 1. The Morgan fingerprint density at radius 2 is 2.25 bits per heavy atom. The second kappa shape index (κ2) is 2.88. The molecule has 1 saturated carbocycles. The lowest BCUT2D eigenvalue weighted by Gasteiger charge is -2.18. The maximum absolute atomic E-state index is 11.3. The van der Waals surface area contributed by atoms with Gasteiger partial charge in [-0.25, -0.2) is 0 Å². The van der Waals surface area contributed by atoms with Crippen LogP contribution in [0.3, 0.4) is 0 Å². The highest BCUT2D eigenvalue weighted by molar-refractivity contribution is 5.91. The van der Waals surface area contributed by atoms with Crippen LogP contribution >= 0.6 is 0 Å². The lowest BCUT2D eigenvalue weighted by molar-refractivity contribution is -0.152. The van der Waals surface area contributed by atoms with Crippen LogP contribution in [-0.4, -0.2) is 18.9 Å². The molecule has 1 fully saturated rings. The van der Waals surface area contributed by atoms with Gasteiger partial charge < -0.3 is 4.74 Å². The molecule has 0 amide bonds. The van der Waals surface area contributed by atoms with Gasteiger partial charge in [-0.2, -0.15) is 0 Å². The van der Waals surface area contributed by atoms with E-state index in [9.17, 15) is 9.59 Å². The lowest BCUT2D eigenvalue weighted by atomic mass is 9.88. The molecule has 0 radical (unpaired) electrons. The molecule has 0 N–H and O–H groups in total. The van der Waals surface area contributed by atoms with Gasteiger partial charge in [0, 0.05) is 12.3 Å². The summed E-state index contributed by atoms with van der Waals surface area (Å²) in [5, 5.41) is 0. The molecule has 0 bridgehead atoms. The first-order valence-corrected chi connectivity index (χ1v) is 4.11. The van der Waals surface area contributed by atoms with Gasteiger partial charge in [-0.15, -0.1) is 0 Å². The largest absolute Gasteiger partial charge is 0.469 e. The van der Waals surface area contributed by atoms with E-state index in [4.69, 9.17) is 0 Å². The van der Waals surface area contributed by atoms with E-state index in [2.05, 4.69) is 4.74 Å². The standard InChI is InChI=1S/C9H14O3/c1-6-4-9(2,5-7(6)10)8(11)12-3/h6H,4-5H2,1-3H3/t6-,9+/m1/s1. The Morgan fingerprint density at radius 3 is 2.58 bits per heavy atom. The van der Waals surface area contributed by atoms with Crippen LogP contribution in [-0.2, 0) is 14.3 Å². The zero-order valence-electron chi connectivity index (χ0n) is 7.72. The average molecular weight is 170 g/mol. The third-order valence-electron chi connectivity index (χ3n) is 2.55. The number of ketones is 1. The van der Waals surface area contributed by atoms with Gasteiger partial charge in [-0.3, -0.25) is 9.59 Å². The Kier molecular flexibility index (Phi) is 2.22. The molecule has 1 aliphatic carbocycles. The molecule has 0 heterocycles. The molecule has 1 rings (SSSR count). The summed E-state index contributed by atoms with van der Waals surface area (Å²) >= 11 is 0. The van der Waals surface area contributed by atoms with Crippen molar-refractivity contribution >= 4 is 11.8 Å². The Hall–Kier alpha value is -0.860. The van der Waals surface area contributed by atoms with Crippen molar-refractivity contribution in [1.29, 1.82) is 0 Å². The molecule has 0 aliphatic heterocycles. The van der Waals surface area contributed by atoms with Crippen LogP contribution in [0.4, 0.5) is 0 Å². The van der Waals surface area contributed by atoms with Crippen LogP contribution in [0.2, 0.25) is 0 Å². The van der Waals surface area contributed by atoms with Crippen molar-refractivity contribution in [2.24, 2.45) is 11.3 Å². The van der Waals surface area contributed by atoms with E-state index < -0.39 is 5.41 Å². The summed E-state index contributed by atoms with van der Waals surface area (Å²) in [7, 11) is 1.36. The fourth-order valence-electron chi connectivity index (χ4n) is 1.82. The molecule has 3 nitrogen and oxygen atoms in total. The van der Waals surface area contributed by atoms with Crippen LogP contribution in [0.15, 0.2) is 0 Å². The van der Waals surface area contributed by atoms with Crippen molar-refractivity contribution in [1.82, 2.24) is 0 Å². The number of methoxy groups -OCH3 is 1. The first kappa shape index (κ1) is 9.23. The third-order valence-corrected chi connectivity index (χ3v) is 2.55. The Labute approximate surface area is 72.1 Å². The van der Waals surface area contributed by atoms with E-state index in [0.29, 0.717) is 12.8 Å². The number of rotatable bonds is 1.